The van der Waals surface area contributed by atoms with Gasteiger partial charge in [-0.15, -0.1) is 0 Å². The number of pyridine rings is 1. The van der Waals surface area contributed by atoms with Gasteiger partial charge in [0.05, 0.1) is 26.4 Å². The summed E-state index contributed by atoms with van der Waals surface area (Å²) in [7, 11) is 2.97. The topological polar surface area (TPSA) is 84.1 Å². The molecule has 6 heteroatoms. The molecule has 0 unspecified atom stereocenters. The summed E-state index contributed by atoms with van der Waals surface area (Å²) < 4.78 is 16.0. The molecule has 0 aliphatic carbocycles. The molecule has 0 amide bonds. The normalized spacial score (nSPS) is 23.7. The van der Waals surface area contributed by atoms with Crippen molar-refractivity contribution in [3.8, 4) is 11.6 Å². The van der Waals surface area contributed by atoms with E-state index in [1.54, 1.807) is 6.92 Å². The van der Waals surface area contributed by atoms with Gasteiger partial charge in [-0.05, 0) is 48.0 Å². The number of nitrogens with one attached hydrogen (secondary N) is 1. The zero-order valence-electron chi connectivity index (χ0n) is 21.0. The van der Waals surface area contributed by atoms with Gasteiger partial charge in [0.15, 0.2) is 0 Å². The molecule has 1 aliphatic rings. The van der Waals surface area contributed by atoms with Crippen LogP contribution in [0.1, 0.15) is 59.2 Å². The molecule has 1 aromatic rings. The van der Waals surface area contributed by atoms with E-state index in [9.17, 15) is 9.90 Å². The number of aliphatic hydroxyl groups is 1. The fraction of sp³-hybridized carbons (Fsp3) is 0.577. The van der Waals surface area contributed by atoms with Crippen LogP contribution in [0.5, 0.6) is 11.6 Å². The molecular weight excluding hydrogens is 406 g/mol. The SMILES string of the molecule is COc1[nH]c(C/C=C(\C)C/C(C)=C/C(C)=C/[C@@H](C)[C@@H](O)[C@]2(C)O[C@H]2C)c(C)c(=O)c1OC. The number of aromatic amines is 1. The zero-order valence-corrected chi connectivity index (χ0v) is 21.0. The third kappa shape index (κ3) is 5.93. The predicted octanol–water partition coefficient (Wildman–Crippen LogP) is 4.65. The van der Waals surface area contributed by atoms with Crippen LogP contribution in [-0.4, -0.2) is 42.1 Å². The van der Waals surface area contributed by atoms with Gasteiger partial charge in [-0.2, -0.15) is 0 Å². The number of aliphatic hydroxyl groups excluding tert-OH is 1. The second-order valence-corrected chi connectivity index (χ2v) is 9.20. The van der Waals surface area contributed by atoms with Crippen LogP contribution in [0.25, 0.3) is 0 Å². The molecule has 0 radical (unpaired) electrons. The summed E-state index contributed by atoms with van der Waals surface area (Å²) in [5.74, 6) is 0.555. The molecule has 2 N–H and O–H groups in total. The number of rotatable bonds is 10. The maximum absolute atomic E-state index is 12.5. The maximum Gasteiger partial charge on any atom is 0.238 e. The number of ether oxygens (including phenoxy) is 3. The number of methoxy groups -OCH3 is 2. The monoisotopic (exact) mass is 445 g/mol. The Morgan fingerprint density at radius 3 is 2.41 bits per heavy atom. The number of allylic oxidation sites excluding steroid dienone is 5. The Balaban J connectivity index is 2.05. The summed E-state index contributed by atoms with van der Waals surface area (Å²) >= 11 is 0. The Hall–Kier alpha value is -2.31. The fourth-order valence-electron chi connectivity index (χ4n) is 4.19. The number of H-pyrrole nitrogens is 1. The Kier molecular flexibility index (Phi) is 8.54. The highest BCUT2D eigenvalue weighted by Gasteiger charge is 2.55. The molecular formula is C26H39NO5. The van der Waals surface area contributed by atoms with Crippen molar-refractivity contribution in [3.63, 3.8) is 0 Å². The molecule has 1 saturated heterocycles. The summed E-state index contributed by atoms with van der Waals surface area (Å²) in [6.45, 7) is 14.0. The molecule has 178 valence electrons. The lowest BCUT2D eigenvalue weighted by atomic mass is 9.89. The molecule has 2 heterocycles. The second kappa shape index (κ2) is 10.5. The van der Waals surface area contributed by atoms with Crippen molar-refractivity contribution in [2.45, 2.75) is 79.1 Å². The van der Waals surface area contributed by atoms with Gasteiger partial charge in [0.25, 0.3) is 0 Å². The first-order valence-corrected chi connectivity index (χ1v) is 11.1. The van der Waals surface area contributed by atoms with Crippen molar-refractivity contribution in [2.75, 3.05) is 14.2 Å². The summed E-state index contributed by atoms with van der Waals surface area (Å²) in [6.07, 6.45) is 7.40. The van der Waals surface area contributed by atoms with E-state index in [-0.39, 0.29) is 23.2 Å². The summed E-state index contributed by atoms with van der Waals surface area (Å²) in [4.78, 5) is 15.6. The largest absolute Gasteiger partial charge is 0.488 e. The van der Waals surface area contributed by atoms with Crippen LogP contribution < -0.4 is 14.9 Å². The smallest absolute Gasteiger partial charge is 0.238 e. The standard InChI is InChI=1S/C26H39NO5/c1-15(10-11-21-19(5)22(28)23(30-8)25(27-21)31-9)12-16(2)13-17(3)14-18(4)24(29)26(7)20(6)32-26/h10,13-14,18,20,24,29H,11-12H2,1-9H3,(H,27,28)/b15-10+,16-13+,17-14+/t18-,20+,24-,26-/m1/s1. The van der Waals surface area contributed by atoms with Gasteiger partial charge in [0.1, 0.15) is 5.60 Å². The molecule has 2 rings (SSSR count). The third-order valence-corrected chi connectivity index (χ3v) is 6.36. The number of hydrogen-bond donors (Lipinski definition) is 2. The quantitative estimate of drug-likeness (QED) is 0.311. The molecule has 0 aromatic carbocycles. The van der Waals surface area contributed by atoms with E-state index >= 15 is 0 Å². The van der Waals surface area contributed by atoms with Crippen LogP contribution in [0.15, 0.2) is 39.7 Å². The van der Waals surface area contributed by atoms with E-state index in [2.05, 4.69) is 44.0 Å². The minimum Gasteiger partial charge on any atom is -0.488 e. The molecule has 1 fully saturated rings. The van der Waals surface area contributed by atoms with Crippen molar-refractivity contribution < 1.29 is 19.3 Å². The van der Waals surface area contributed by atoms with Crippen molar-refractivity contribution in [1.29, 1.82) is 0 Å². The van der Waals surface area contributed by atoms with Crippen LogP contribution in [0.2, 0.25) is 0 Å². The van der Waals surface area contributed by atoms with E-state index in [0.29, 0.717) is 17.9 Å². The molecule has 0 bridgehead atoms. The van der Waals surface area contributed by atoms with Gasteiger partial charge >= 0.3 is 0 Å². The Morgan fingerprint density at radius 1 is 1.25 bits per heavy atom. The first-order chi connectivity index (χ1) is 14.9. The maximum atomic E-state index is 12.5. The Morgan fingerprint density at radius 2 is 1.88 bits per heavy atom. The molecule has 6 nitrogen and oxygen atoms in total. The van der Waals surface area contributed by atoms with E-state index < -0.39 is 11.7 Å². The fourth-order valence-corrected chi connectivity index (χ4v) is 4.19. The Labute approximate surface area is 192 Å². The zero-order chi connectivity index (χ0) is 24.2. The van der Waals surface area contributed by atoms with Gasteiger partial charge in [-0.1, -0.05) is 41.9 Å². The van der Waals surface area contributed by atoms with Crippen LogP contribution in [0.3, 0.4) is 0 Å². The van der Waals surface area contributed by atoms with Gasteiger partial charge in [-0.25, -0.2) is 0 Å². The van der Waals surface area contributed by atoms with Gasteiger partial charge < -0.3 is 24.3 Å². The number of epoxide rings is 1. The van der Waals surface area contributed by atoms with Crippen LogP contribution in [0, 0.1) is 12.8 Å². The van der Waals surface area contributed by atoms with Crippen molar-refractivity contribution in [2.24, 2.45) is 5.92 Å². The van der Waals surface area contributed by atoms with Gasteiger partial charge in [0, 0.05) is 23.6 Å². The van der Waals surface area contributed by atoms with Crippen molar-refractivity contribution >= 4 is 0 Å². The van der Waals surface area contributed by atoms with Crippen molar-refractivity contribution in [1.82, 2.24) is 4.98 Å². The molecule has 32 heavy (non-hydrogen) atoms. The lowest BCUT2D eigenvalue weighted by Crippen LogP contribution is -2.33. The van der Waals surface area contributed by atoms with Crippen molar-refractivity contribution in [3.05, 3.63) is 56.4 Å². The van der Waals surface area contributed by atoms with Crippen LogP contribution in [-0.2, 0) is 11.2 Å². The first kappa shape index (κ1) is 25.9. The highest BCUT2D eigenvalue weighted by Crippen LogP contribution is 2.41. The first-order valence-electron chi connectivity index (χ1n) is 11.1. The summed E-state index contributed by atoms with van der Waals surface area (Å²) in [5.41, 5.74) is 4.43. The predicted molar refractivity (Wildman–Crippen MR) is 129 cm³/mol. The third-order valence-electron chi connectivity index (χ3n) is 6.36. The lowest BCUT2D eigenvalue weighted by Gasteiger charge is -2.20. The van der Waals surface area contributed by atoms with Crippen LogP contribution in [0.4, 0.5) is 0 Å². The van der Waals surface area contributed by atoms with Crippen LogP contribution >= 0.6 is 0 Å². The lowest BCUT2D eigenvalue weighted by molar-refractivity contribution is 0.0564. The van der Waals surface area contributed by atoms with Gasteiger partial charge in [0.2, 0.25) is 17.1 Å². The highest BCUT2D eigenvalue weighted by atomic mass is 16.6. The molecule has 1 aromatic heterocycles. The molecule has 1 aliphatic heterocycles. The Bertz CT molecular complexity index is 971. The minimum absolute atomic E-state index is 0.00971. The van der Waals surface area contributed by atoms with E-state index in [1.807, 2.05) is 20.8 Å². The number of hydrogen-bond acceptors (Lipinski definition) is 5. The molecule has 0 spiro atoms. The second-order valence-electron chi connectivity index (χ2n) is 9.20. The van der Waals surface area contributed by atoms with Gasteiger partial charge in [-0.3, -0.25) is 4.79 Å². The van der Waals surface area contributed by atoms with E-state index in [0.717, 1.165) is 17.7 Å². The number of aromatic nitrogens is 1. The minimum atomic E-state index is -0.519. The highest BCUT2D eigenvalue weighted by molar-refractivity contribution is 5.40. The summed E-state index contributed by atoms with van der Waals surface area (Å²) in [6, 6.07) is 0. The molecule has 0 saturated carbocycles. The molecule has 4 atom stereocenters. The average molecular weight is 446 g/mol. The van der Waals surface area contributed by atoms with E-state index in [4.69, 9.17) is 14.2 Å². The van der Waals surface area contributed by atoms with E-state index in [1.165, 1.54) is 25.4 Å². The summed E-state index contributed by atoms with van der Waals surface area (Å²) in [5, 5.41) is 10.6. The average Bonchev–Trinajstić information content (AvgIpc) is 3.35.